The van der Waals surface area contributed by atoms with Gasteiger partial charge in [-0.2, -0.15) is 0 Å². The Morgan fingerprint density at radius 1 is 1.00 bits per heavy atom. The standard InChI is InChI=1S/C16H19BO3/c1-16(2)10-19-17(20-11-16)14-6-4-12-5-7-15(18-3)9-13(12)8-14/h4-9H,10-11H2,1-3H3. The molecule has 1 aliphatic heterocycles. The van der Waals surface area contributed by atoms with Gasteiger partial charge in [-0.3, -0.25) is 0 Å². The van der Waals surface area contributed by atoms with Gasteiger partial charge in [0.2, 0.25) is 0 Å². The maximum atomic E-state index is 5.83. The quantitative estimate of drug-likeness (QED) is 0.785. The largest absolute Gasteiger partial charge is 0.497 e. The third-order valence-corrected chi connectivity index (χ3v) is 3.59. The highest BCUT2D eigenvalue weighted by atomic mass is 16.6. The van der Waals surface area contributed by atoms with Gasteiger partial charge < -0.3 is 14.0 Å². The van der Waals surface area contributed by atoms with Crippen LogP contribution in [0, 0.1) is 5.41 Å². The molecule has 1 heterocycles. The second-order valence-electron chi connectivity index (χ2n) is 6.09. The fourth-order valence-electron chi connectivity index (χ4n) is 2.40. The van der Waals surface area contributed by atoms with Crippen LogP contribution >= 0.6 is 0 Å². The van der Waals surface area contributed by atoms with Gasteiger partial charge in [0.1, 0.15) is 5.75 Å². The van der Waals surface area contributed by atoms with Crippen molar-refractivity contribution in [1.82, 2.24) is 0 Å². The molecule has 2 aromatic rings. The lowest BCUT2D eigenvalue weighted by Crippen LogP contribution is -2.47. The summed E-state index contributed by atoms with van der Waals surface area (Å²) in [5, 5.41) is 2.32. The van der Waals surface area contributed by atoms with Crippen molar-refractivity contribution in [3.8, 4) is 5.75 Å². The van der Waals surface area contributed by atoms with E-state index in [-0.39, 0.29) is 12.5 Å². The predicted octanol–water partition coefficient (Wildman–Crippen LogP) is 2.62. The Morgan fingerprint density at radius 2 is 1.70 bits per heavy atom. The molecule has 0 atom stereocenters. The highest BCUT2D eigenvalue weighted by Crippen LogP contribution is 2.23. The summed E-state index contributed by atoms with van der Waals surface area (Å²) in [5.74, 6) is 0.862. The van der Waals surface area contributed by atoms with Gasteiger partial charge in [0.25, 0.3) is 0 Å². The summed E-state index contributed by atoms with van der Waals surface area (Å²) in [6.07, 6.45) is 0. The Bertz CT molecular complexity index is 614. The van der Waals surface area contributed by atoms with E-state index in [4.69, 9.17) is 14.0 Å². The third kappa shape index (κ3) is 2.67. The van der Waals surface area contributed by atoms with Crippen molar-refractivity contribution < 1.29 is 14.0 Å². The van der Waals surface area contributed by atoms with E-state index >= 15 is 0 Å². The molecule has 0 N–H and O–H groups in total. The van der Waals surface area contributed by atoms with E-state index in [0.29, 0.717) is 13.2 Å². The molecule has 0 unspecified atom stereocenters. The molecular formula is C16H19BO3. The predicted molar refractivity (Wildman–Crippen MR) is 81.6 cm³/mol. The highest BCUT2D eigenvalue weighted by Gasteiger charge is 2.33. The van der Waals surface area contributed by atoms with Crippen LogP contribution in [0.4, 0.5) is 0 Å². The smallest absolute Gasteiger partial charge is 0.493 e. The van der Waals surface area contributed by atoms with E-state index in [1.807, 2.05) is 12.1 Å². The van der Waals surface area contributed by atoms with Gasteiger partial charge in [0.05, 0.1) is 7.11 Å². The van der Waals surface area contributed by atoms with Gasteiger partial charge in [-0.1, -0.05) is 38.1 Å². The van der Waals surface area contributed by atoms with E-state index in [0.717, 1.165) is 16.6 Å². The molecule has 20 heavy (non-hydrogen) atoms. The molecular weight excluding hydrogens is 251 g/mol. The van der Waals surface area contributed by atoms with Crippen molar-refractivity contribution in [2.75, 3.05) is 20.3 Å². The molecule has 0 saturated carbocycles. The first-order valence-electron chi connectivity index (χ1n) is 6.88. The maximum Gasteiger partial charge on any atom is 0.493 e. The summed E-state index contributed by atoms with van der Waals surface area (Å²) in [4.78, 5) is 0. The summed E-state index contributed by atoms with van der Waals surface area (Å²) in [6.45, 7) is 5.73. The van der Waals surface area contributed by atoms with E-state index in [1.165, 1.54) is 5.39 Å². The third-order valence-electron chi connectivity index (χ3n) is 3.59. The minimum Gasteiger partial charge on any atom is -0.497 e. The normalized spacial score (nSPS) is 18.2. The molecule has 2 aromatic carbocycles. The lowest BCUT2D eigenvalue weighted by Gasteiger charge is -2.33. The van der Waals surface area contributed by atoms with Crippen LogP contribution in [-0.4, -0.2) is 27.4 Å². The van der Waals surface area contributed by atoms with Crippen molar-refractivity contribution in [2.45, 2.75) is 13.8 Å². The van der Waals surface area contributed by atoms with Crippen LogP contribution in [0.25, 0.3) is 10.8 Å². The van der Waals surface area contributed by atoms with Crippen LogP contribution < -0.4 is 10.2 Å². The van der Waals surface area contributed by atoms with Gasteiger partial charge in [0, 0.05) is 18.6 Å². The van der Waals surface area contributed by atoms with Crippen LogP contribution in [0.15, 0.2) is 36.4 Å². The molecule has 4 heteroatoms. The fourth-order valence-corrected chi connectivity index (χ4v) is 2.40. The number of hydrogen-bond donors (Lipinski definition) is 0. The summed E-state index contributed by atoms with van der Waals surface area (Å²) in [5.41, 5.74) is 1.15. The van der Waals surface area contributed by atoms with E-state index < -0.39 is 0 Å². The summed E-state index contributed by atoms with van der Waals surface area (Å²) in [7, 11) is 1.42. The molecule has 0 spiro atoms. The number of benzene rings is 2. The SMILES string of the molecule is COc1ccc2ccc(B3OCC(C)(C)CO3)cc2c1. The highest BCUT2D eigenvalue weighted by molar-refractivity contribution is 6.61. The second kappa shape index (κ2) is 5.11. The Hall–Kier alpha value is -1.52. The van der Waals surface area contributed by atoms with Crippen LogP contribution in [0.5, 0.6) is 5.75 Å². The molecule has 3 nitrogen and oxygen atoms in total. The van der Waals surface area contributed by atoms with Gasteiger partial charge in [-0.15, -0.1) is 0 Å². The Labute approximate surface area is 120 Å². The van der Waals surface area contributed by atoms with Crippen LogP contribution in [0.1, 0.15) is 13.8 Å². The van der Waals surface area contributed by atoms with Crippen molar-refractivity contribution in [2.24, 2.45) is 5.41 Å². The molecule has 1 saturated heterocycles. The number of fused-ring (bicyclic) bond motifs is 1. The average molecular weight is 270 g/mol. The Balaban J connectivity index is 1.89. The molecule has 3 rings (SSSR count). The zero-order valence-electron chi connectivity index (χ0n) is 12.2. The summed E-state index contributed by atoms with van der Waals surface area (Å²) < 4.78 is 16.9. The van der Waals surface area contributed by atoms with Crippen LogP contribution in [0.2, 0.25) is 0 Å². The van der Waals surface area contributed by atoms with E-state index in [9.17, 15) is 0 Å². The molecule has 104 valence electrons. The molecule has 0 amide bonds. The monoisotopic (exact) mass is 270 g/mol. The van der Waals surface area contributed by atoms with Gasteiger partial charge >= 0.3 is 7.12 Å². The van der Waals surface area contributed by atoms with Crippen molar-refractivity contribution in [3.63, 3.8) is 0 Å². The number of rotatable bonds is 2. The molecule has 1 aliphatic rings. The van der Waals surface area contributed by atoms with Gasteiger partial charge in [-0.05, 0) is 28.4 Å². The Morgan fingerprint density at radius 3 is 2.40 bits per heavy atom. The zero-order valence-corrected chi connectivity index (χ0v) is 12.2. The number of ether oxygens (including phenoxy) is 1. The lowest BCUT2D eigenvalue weighted by atomic mass is 9.75. The maximum absolute atomic E-state index is 5.83. The van der Waals surface area contributed by atoms with Crippen LogP contribution in [0.3, 0.4) is 0 Å². The first kappa shape index (κ1) is 13.5. The minimum absolute atomic E-state index is 0.0938. The number of methoxy groups -OCH3 is 1. The molecule has 0 aromatic heterocycles. The average Bonchev–Trinajstić information content (AvgIpc) is 2.46. The lowest BCUT2D eigenvalue weighted by molar-refractivity contribution is 0.0343. The minimum atomic E-state index is -0.265. The van der Waals surface area contributed by atoms with Crippen molar-refractivity contribution in [3.05, 3.63) is 36.4 Å². The Kier molecular flexibility index (Phi) is 3.44. The van der Waals surface area contributed by atoms with Gasteiger partial charge in [-0.25, -0.2) is 0 Å². The second-order valence-corrected chi connectivity index (χ2v) is 6.09. The molecule has 0 bridgehead atoms. The zero-order chi connectivity index (χ0) is 14.2. The topological polar surface area (TPSA) is 27.7 Å². The molecule has 0 radical (unpaired) electrons. The first-order valence-corrected chi connectivity index (χ1v) is 6.88. The fraction of sp³-hybridized carbons (Fsp3) is 0.375. The van der Waals surface area contributed by atoms with Gasteiger partial charge in [0.15, 0.2) is 0 Å². The van der Waals surface area contributed by atoms with Crippen molar-refractivity contribution >= 4 is 23.4 Å². The molecule has 1 fully saturated rings. The molecule has 0 aliphatic carbocycles. The summed E-state index contributed by atoms with van der Waals surface area (Å²) >= 11 is 0. The summed E-state index contributed by atoms with van der Waals surface area (Å²) in [6, 6.07) is 12.3. The number of hydrogen-bond acceptors (Lipinski definition) is 3. The van der Waals surface area contributed by atoms with Crippen LogP contribution in [-0.2, 0) is 9.31 Å². The van der Waals surface area contributed by atoms with E-state index in [2.05, 4.69) is 38.1 Å². The van der Waals surface area contributed by atoms with Crippen molar-refractivity contribution in [1.29, 1.82) is 0 Å². The first-order chi connectivity index (χ1) is 9.57. The van der Waals surface area contributed by atoms with E-state index in [1.54, 1.807) is 7.11 Å².